The van der Waals surface area contributed by atoms with Crippen LogP contribution in [0.25, 0.3) is 0 Å². The van der Waals surface area contributed by atoms with Crippen LogP contribution < -0.4 is 10.1 Å². The first-order valence-corrected chi connectivity index (χ1v) is 7.43. The third kappa shape index (κ3) is 3.45. The van der Waals surface area contributed by atoms with Crippen LogP contribution in [0.1, 0.15) is 24.8 Å². The van der Waals surface area contributed by atoms with Crippen LogP contribution in [-0.2, 0) is 10.3 Å². The molecule has 114 valence electrons. The first-order chi connectivity index (χ1) is 10.7. The van der Waals surface area contributed by atoms with E-state index in [-0.39, 0.29) is 17.3 Å². The zero-order chi connectivity index (χ0) is 15.4. The second-order valence-electron chi connectivity index (χ2n) is 5.55. The monoisotopic (exact) mass is 299 g/mol. The Morgan fingerprint density at radius 3 is 2.41 bits per heavy atom. The molecule has 2 aromatic carbocycles. The fraction of sp³-hybridized carbons (Fsp3) is 0.278. The minimum atomic E-state index is -0.308. The largest absolute Gasteiger partial charge is 0.493 e. The van der Waals surface area contributed by atoms with E-state index >= 15 is 0 Å². The van der Waals surface area contributed by atoms with Gasteiger partial charge >= 0.3 is 0 Å². The normalized spacial score (nSPS) is 15.1. The molecule has 0 aromatic heterocycles. The van der Waals surface area contributed by atoms with Crippen molar-refractivity contribution in [1.29, 1.82) is 0 Å². The molecule has 3 nitrogen and oxygen atoms in total. The lowest BCUT2D eigenvalue weighted by Crippen LogP contribution is -2.35. The maximum Gasteiger partial charge on any atom is 0.224 e. The lowest BCUT2D eigenvalue weighted by Gasteiger charge is -2.18. The predicted octanol–water partition coefficient (Wildman–Crippen LogP) is 3.40. The van der Waals surface area contributed by atoms with Gasteiger partial charge in [0.15, 0.2) is 0 Å². The standard InChI is InChI=1S/C18H18FNO2/c19-15-8-6-14(7-9-15)18(11-12-18)20-17(21)10-13-22-16-4-2-1-3-5-16/h1-9H,10-13H2,(H,20,21). The molecular formula is C18H18FNO2. The van der Waals surface area contributed by atoms with Gasteiger partial charge in [-0.3, -0.25) is 4.79 Å². The van der Waals surface area contributed by atoms with Crippen molar-refractivity contribution < 1.29 is 13.9 Å². The Labute approximate surface area is 129 Å². The van der Waals surface area contributed by atoms with Crippen molar-refractivity contribution in [3.05, 3.63) is 66.0 Å². The van der Waals surface area contributed by atoms with E-state index in [4.69, 9.17) is 4.74 Å². The van der Waals surface area contributed by atoms with Gasteiger partial charge < -0.3 is 10.1 Å². The van der Waals surface area contributed by atoms with Crippen LogP contribution in [0.3, 0.4) is 0 Å². The van der Waals surface area contributed by atoms with Crippen molar-refractivity contribution in [2.24, 2.45) is 0 Å². The minimum absolute atomic E-state index is 0.0437. The highest BCUT2D eigenvalue weighted by molar-refractivity contribution is 5.77. The van der Waals surface area contributed by atoms with Crippen LogP contribution in [0.15, 0.2) is 54.6 Å². The van der Waals surface area contributed by atoms with Crippen molar-refractivity contribution in [2.75, 3.05) is 6.61 Å². The number of hydrogen-bond acceptors (Lipinski definition) is 2. The summed E-state index contributed by atoms with van der Waals surface area (Å²) in [5.74, 6) is 0.454. The summed E-state index contributed by atoms with van der Waals surface area (Å²) in [5.41, 5.74) is 0.656. The van der Waals surface area contributed by atoms with Gasteiger partial charge in [0.2, 0.25) is 5.91 Å². The van der Waals surface area contributed by atoms with E-state index in [0.29, 0.717) is 13.0 Å². The molecule has 3 rings (SSSR count). The zero-order valence-electron chi connectivity index (χ0n) is 12.2. The average Bonchev–Trinajstić information content (AvgIpc) is 3.29. The lowest BCUT2D eigenvalue weighted by molar-refractivity contribution is -0.122. The first-order valence-electron chi connectivity index (χ1n) is 7.43. The molecule has 0 spiro atoms. The van der Waals surface area contributed by atoms with Gasteiger partial charge in [0.25, 0.3) is 0 Å². The van der Waals surface area contributed by atoms with Gasteiger partial charge in [-0.1, -0.05) is 30.3 Å². The molecule has 0 bridgehead atoms. The summed E-state index contributed by atoms with van der Waals surface area (Å²) in [6, 6.07) is 15.8. The van der Waals surface area contributed by atoms with Crippen molar-refractivity contribution >= 4 is 5.91 Å². The molecule has 1 aliphatic rings. The number of carbonyl (C=O) groups excluding carboxylic acids is 1. The minimum Gasteiger partial charge on any atom is -0.493 e. The molecule has 1 aliphatic carbocycles. The average molecular weight is 299 g/mol. The highest BCUT2D eigenvalue weighted by Gasteiger charge is 2.45. The maximum atomic E-state index is 13.0. The summed E-state index contributed by atoms with van der Waals surface area (Å²) in [6.45, 7) is 0.343. The molecule has 1 saturated carbocycles. The summed E-state index contributed by atoms with van der Waals surface area (Å²) in [5, 5.41) is 3.05. The van der Waals surface area contributed by atoms with Crippen LogP contribution in [0, 0.1) is 5.82 Å². The van der Waals surface area contributed by atoms with Crippen molar-refractivity contribution in [3.8, 4) is 5.75 Å². The van der Waals surface area contributed by atoms with Crippen molar-refractivity contribution in [2.45, 2.75) is 24.8 Å². The molecule has 2 aromatic rings. The van der Waals surface area contributed by atoms with E-state index in [1.54, 1.807) is 12.1 Å². The molecule has 0 radical (unpaired) electrons. The predicted molar refractivity (Wildman–Crippen MR) is 82.0 cm³/mol. The molecule has 0 aliphatic heterocycles. The number of ether oxygens (including phenoxy) is 1. The molecule has 0 unspecified atom stereocenters. The zero-order valence-corrected chi connectivity index (χ0v) is 12.2. The molecule has 0 saturated heterocycles. The number of carbonyl (C=O) groups is 1. The third-order valence-corrected chi connectivity index (χ3v) is 3.87. The van der Waals surface area contributed by atoms with Gasteiger partial charge in [-0.05, 0) is 42.7 Å². The third-order valence-electron chi connectivity index (χ3n) is 3.87. The van der Waals surface area contributed by atoms with Gasteiger partial charge in [-0.25, -0.2) is 4.39 Å². The van der Waals surface area contributed by atoms with Crippen LogP contribution in [-0.4, -0.2) is 12.5 Å². The second kappa shape index (κ2) is 6.18. The number of amides is 1. The number of nitrogens with one attached hydrogen (secondary N) is 1. The Hall–Kier alpha value is -2.36. The van der Waals surface area contributed by atoms with Crippen LogP contribution in [0.5, 0.6) is 5.75 Å². The molecule has 0 heterocycles. The summed E-state index contributed by atoms with van der Waals surface area (Å²) in [6.07, 6.45) is 2.09. The van der Waals surface area contributed by atoms with Crippen LogP contribution >= 0.6 is 0 Å². The maximum absolute atomic E-state index is 13.0. The number of hydrogen-bond donors (Lipinski definition) is 1. The quantitative estimate of drug-likeness (QED) is 0.888. The van der Waals surface area contributed by atoms with E-state index in [9.17, 15) is 9.18 Å². The Morgan fingerprint density at radius 2 is 1.77 bits per heavy atom. The Balaban J connectivity index is 1.50. The highest BCUT2D eigenvalue weighted by atomic mass is 19.1. The van der Waals surface area contributed by atoms with E-state index < -0.39 is 0 Å². The molecule has 0 atom stereocenters. The van der Waals surface area contributed by atoms with Gasteiger partial charge in [-0.15, -0.1) is 0 Å². The van der Waals surface area contributed by atoms with E-state index in [1.165, 1.54) is 12.1 Å². The lowest BCUT2D eigenvalue weighted by atomic mass is 10.0. The fourth-order valence-electron chi connectivity index (χ4n) is 2.49. The van der Waals surface area contributed by atoms with E-state index in [0.717, 1.165) is 24.2 Å². The van der Waals surface area contributed by atoms with Crippen LogP contribution in [0.2, 0.25) is 0 Å². The SMILES string of the molecule is O=C(CCOc1ccccc1)NC1(c2ccc(F)cc2)CC1. The number of rotatable bonds is 6. The number of para-hydroxylation sites is 1. The van der Waals surface area contributed by atoms with Gasteiger partial charge in [-0.2, -0.15) is 0 Å². The molecule has 4 heteroatoms. The summed E-state index contributed by atoms with van der Waals surface area (Å²) >= 11 is 0. The molecule has 1 amide bonds. The Bertz CT molecular complexity index is 636. The molecular weight excluding hydrogens is 281 g/mol. The van der Waals surface area contributed by atoms with Crippen molar-refractivity contribution in [1.82, 2.24) is 5.32 Å². The molecule has 1 fully saturated rings. The van der Waals surface area contributed by atoms with Crippen LogP contribution in [0.4, 0.5) is 4.39 Å². The Kier molecular flexibility index (Phi) is 4.09. The molecule has 22 heavy (non-hydrogen) atoms. The summed E-state index contributed by atoms with van der Waals surface area (Å²) in [7, 11) is 0. The number of halogens is 1. The summed E-state index contributed by atoms with van der Waals surface area (Å²) < 4.78 is 18.5. The smallest absolute Gasteiger partial charge is 0.224 e. The van der Waals surface area contributed by atoms with Gasteiger partial charge in [0.05, 0.1) is 18.6 Å². The second-order valence-corrected chi connectivity index (χ2v) is 5.55. The van der Waals surface area contributed by atoms with Crippen molar-refractivity contribution in [3.63, 3.8) is 0 Å². The van der Waals surface area contributed by atoms with Gasteiger partial charge in [0, 0.05) is 0 Å². The van der Waals surface area contributed by atoms with E-state index in [2.05, 4.69) is 5.32 Å². The van der Waals surface area contributed by atoms with E-state index in [1.807, 2.05) is 30.3 Å². The first kappa shape index (κ1) is 14.6. The molecule has 1 N–H and O–H groups in total. The summed E-state index contributed by atoms with van der Waals surface area (Å²) in [4.78, 5) is 12.1. The Morgan fingerprint density at radius 1 is 1.09 bits per heavy atom. The fourth-order valence-corrected chi connectivity index (χ4v) is 2.49. The number of benzene rings is 2. The topological polar surface area (TPSA) is 38.3 Å². The highest BCUT2D eigenvalue weighted by Crippen LogP contribution is 2.45. The van der Waals surface area contributed by atoms with Gasteiger partial charge in [0.1, 0.15) is 11.6 Å².